The molecule has 1 fully saturated rings. The van der Waals surface area contributed by atoms with Gasteiger partial charge in [0, 0.05) is 10.2 Å². The molecule has 0 heterocycles. The van der Waals surface area contributed by atoms with Crippen molar-refractivity contribution >= 4 is 39.5 Å². The zero-order chi connectivity index (χ0) is 25.7. The molecule has 2 aromatic carbocycles. The van der Waals surface area contributed by atoms with E-state index in [1.54, 1.807) is 18.2 Å². The molecule has 0 aliphatic heterocycles. The van der Waals surface area contributed by atoms with Crippen molar-refractivity contribution in [1.29, 1.82) is 0 Å². The van der Waals surface area contributed by atoms with Gasteiger partial charge in [-0.25, -0.2) is 9.59 Å². The highest BCUT2D eigenvalue weighted by Gasteiger charge is 2.34. The molecule has 1 aliphatic carbocycles. The van der Waals surface area contributed by atoms with Crippen molar-refractivity contribution < 1.29 is 23.9 Å². The van der Waals surface area contributed by atoms with Crippen LogP contribution in [0.1, 0.15) is 71.9 Å². The number of carbonyl (C=O) groups is 3. The largest absolute Gasteiger partial charge is 0.458 e. The van der Waals surface area contributed by atoms with Crippen molar-refractivity contribution in [3.05, 3.63) is 63.1 Å². The monoisotopic (exact) mass is 543 g/mol. The normalized spacial score (nSPS) is 19.8. The Morgan fingerprint density at radius 2 is 1.63 bits per heavy atom. The standard InChI is InChI=1S/C28H34BrNO5/c1-16(2)21-11-10-17(3)12-24(21)35-28(33)23-9-7-6-8-22(23)27(32)34-15-25(31)30-20-13-18(4)26(29)19(5)14-20/h6-9,13-14,16-17,21,24H,10-12,15H2,1-5H3,(H,30,31)/t17-,21-,24+/m0/s1. The van der Waals surface area contributed by atoms with E-state index in [-0.39, 0.29) is 17.2 Å². The van der Waals surface area contributed by atoms with Gasteiger partial charge >= 0.3 is 11.9 Å². The third kappa shape index (κ3) is 6.94. The van der Waals surface area contributed by atoms with E-state index >= 15 is 0 Å². The molecule has 35 heavy (non-hydrogen) atoms. The molecule has 2 aromatic rings. The molecule has 188 valence electrons. The summed E-state index contributed by atoms with van der Waals surface area (Å²) in [6.45, 7) is 9.86. The number of amides is 1. The zero-order valence-electron chi connectivity index (χ0n) is 21.0. The van der Waals surface area contributed by atoms with Crippen molar-refractivity contribution in [2.75, 3.05) is 11.9 Å². The number of halogens is 1. The number of carbonyl (C=O) groups excluding carboxylic acids is 3. The first-order chi connectivity index (χ1) is 16.6. The Hall–Kier alpha value is -2.67. The second-order valence-corrected chi connectivity index (χ2v) is 10.7. The summed E-state index contributed by atoms with van der Waals surface area (Å²) in [7, 11) is 0. The number of rotatable bonds is 7. The van der Waals surface area contributed by atoms with Crippen molar-refractivity contribution in [3.63, 3.8) is 0 Å². The van der Waals surface area contributed by atoms with E-state index < -0.39 is 24.5 Å². The first-order valence-electron chi connectivity index (χ1n) is 12.1. The van der Waals surface area contributed by atoms with Gasteiger partial charge in [0.15, 0.2) is 6.61 Å². The van der Waals surface area contributed by atoms with Crippen LogP contribution in [-0.2, 0) is 14.3 Å². The van der Waals surface area contributed by atoms with Gasteiger partial charge in [0.25, 0.3) is 5.91 Å². The smallest absolute Gasteiger partial charge is 0.339 e. The third-order valence-electron chi connectivity index (χ3n) is 6.64. The second kappa shape index (κ2) is 11.8. The van der Waals surface area contributed by atoms with Crippen molar-refractivity contribution in [1.82, 2.24) is 0 Å². The summed E-state index contributed by atoms with van der Waals surface area (Å²) in [5, 5.41) is 2.74. The van der Waals surface area contributed by atoms with E-state index in [2.05, 4.69) is 42.0 Å². The Kier molecular flexibility index (Phi) is 9.11. The minimum absolute atomic E-state index is 0.0885. The molecule has 0 aromatic heterocycles. The maximum Gasteiger partial charge on any atom is 0.339 e. The number of esters is 2. The lowest BCUT2D eigenvalue weighted by Gasteiger charge is -2.36. The second-order valence-electron chi connectivity index (χ2n) is 9.86. The quantitative estimate of drug-likeness (QED) is 0.404. The highest BCUT2D eigenvalue weighted by Crippen LogP contribution is 2.36. The third-order valence-corrected chi connectivity index (χ3v) is 7.89. The number of nitrogens with one attached hydrogen (secondary N) is 1. The number of anilines is 1. The van der Waals surface area contributed by atoms with Gasteiger partial charge in [-0.05, 0) is 79.8 Å². The molecule has 1 N–H and O–H groups in total. The SMILES string of the molecule is Cc1cc(NC(=O)COC(=O)c2ccccc2C(=O)O[C@@H]2C[C@@H](C)CC[C@H]2C(C)C)cc(C)c1Br. The topological polar surface area (TPSA) is 81.7 Å². The van der Waals surface area contributed by atoms with Gasteiger partial charge in [0.05, 0.1) is 11.1 Å². The molecule has 0 radical (unpaired) electrons. The predicted octanol–water partition coefficient (Wildman–Crippen LogP) is 6.48. The highest BCUT2D eigenvalue weighted by atomic mass is 79.9. The molecule has 0 spiro atoms. The van der Waals surface area contributed by atoms with Gasteiger partial charge in [-0.3, -0.25) is 4.79 Å². The Morgan fingerprint density at radius 3 is 2.23 bits per heavy atom. The van der Waals surface area contributed by atoms with E-state index in [1.165, 1.54) is 6.07 Å². The molecule has 3 atom stereocenters. The van der Waals surface area contributed by atoms with Crippen LogP contribution < -0.4 is 5.32 Å². The van der Waals surface area contributed by atoms with Crippen LogP contribution in [0.2, 0.25) is 0 Å². The van der Waals surface area contributed by atoms with E-state index in [0.29, 0.717) is 23.4 Å². The molecular weight excluding hydrogens is 510 g/mol. The lowest BCUT2D eigenvalue weighted by Crippen LogP contribution is -2.36. The minimum Gasteiger partial charge on any atom is -0.458 e. The fourth-order valence-electron chi connectivity index (χ4n) is 4.71. The summed E-state index contributed by atoms with van der Waals surface area (Å²) in [5.74, 6) is -0.558. The molecule has 0 saturated heterocycles. The summed E-state index contributed by atoms with van der Waals surface area (Å²) in [5.41, 5.74) is 2.83. The molecule has 1 saturated carbocycles. The van der Waals surface area contributed by atoms with E-state index in [0.717, 1.165) is 34.9 Å². The van der Waals surface area contributed by atoms with Crippen LogP contribution in [0.5, 0.6) is 0 Å². The predicted molar refractivity (Wildman–Crippen MR) is 140 cm³/mol. The Labute approximate surface area is 215 Å². The molecule has 6 nitrogen and oxygen atoms in total. The van der Waals surface area contributed by atoms with Crippen LogP contribution in [-0.4, -0.2) is 30.6 Å². The van der Waals surface area contributed by atoms with Crippen LogP contribution in [0, 0.1) is 31.6 Å². The van der Waals surface area contributed by atoms with Gasteiger partial charge in [0.2, 0.25) is 0 Å². The maximum atomic E-state index is 13.1. The average Bonchev–Trinajstić information content (AvgIpc) is 2.80. The van der Waals surface area contributed by atoms with Crippen molar-refractivity contribution in [3.8, 4) is 0 Å². The zero-order valence-corrected chi connectivity index (χ0v) is 22.6. The summed E-state index contributed by atoms with van der Waals surface area (Å²) < 4.78 is 12.1. The molecule has 3 rings (SSSR count). The van der Waals surface area contributed by atoms with Crippen LogP contribution in [0.15, 0.2) is 40.9 Å². The van der Waals surface area contributed by atoms with Crippen LogP contribution >= 0.6 is 15.9 Å². The molecular formula is C28H34BrNO5. The fraction of sp³-hybridized carbons (Fsp3) is 0.464. The highest BCUT2D eigenvalue weighted by molar-refractivity contribution is 9.10. The van der Waals surface area contributed by atoms with E-state index in [9.17, 15) is 14.4 Å². The van der Waals surface area contributed by atoms with Crippen LogP contribution in [0.25, 0.3) is 0 Å². The van der Waals surface area contributed by atoms with Gasteiger partial charge in [0.1, 0.15) is 6.10 Å². The number of ether oxygens (including phenoxy) is 2. The first kappa shape index (κ1) is 26.9. The summed E-state index contributed by atoms with van der Waals surface area (Å²) >= 11 is 3.50. The number of benzene rings is 2. The number of hydrogen-bond donors (Lipinski definition) is 1. The van der Waals surface area contributed by atoms with Crippen LogP contribution in [0.4, 0.5) is 5.69 Å². The van der Waals surface area contributed by atoms with Crippen molar-refractivity contribution in [2.24, 2.45) is 17.8 Å². The molecule has 0 bridgehead atoms. The minimum atomic E-state index is -0.742. The molecule has 0 unspecified atom stereocenters. The Bertz CT molecular complexity index is 1070. The fourth-order valence-corrected chi connectivity index (χ4v) is 4.94. The number of aryl methyl sites for hydroxylation is 2. The summed E-state index contributed by atoms with van der Waals surface area (Å²) in [4.78, 5) is 38.2. The molecule has 7 heteroatoms. The number of hydrogen-bond acceptors (Lipinski definition) is 5. The van der Waals surface area contributed by atoms with Gasteiger partial charge in [-0.1, -0.05) is 55.3 Å². The lowest BCUT2D eigenvalue weighted by atomic mass is 9.75. The summed E-state index contributed by atoms with van der Waals surface area (Å²) in [6, 6.07) is 10.1. The lowest BCUT2D eigenvalue weighted by molar-refractivity contribution is -0.119. The maximum absolute atomic E-state index is 13.1. The van der Waals surface area contributed by atoms with E-state index in [4.69, 9.17) is 9.47 Å². The van der Waals surface area contributed by atoms with Gasteiger partial charge in [-0.2, -0.15) is 0 Å². The Morgan fingerprint density at radius 1 is 1.03 bits per heavy atom. The Balaban J connectivity index is 1.65. The van der Waals surface area contributed by atoms with E-state index in [1.807, 2.05) is 26.0 Å². The van der Waals surface area contributed by atoms with Crippen molar-refractivity contribution in [2.45, 2.75) is 60.0 Å². The molecule has 1 amide bonds. The average molecular weight is 544 g/mol. The summed E-state index contributed by atoms with van der Waals surface area (Å²) in [6.07, 6.45) is 2.78. The molecule has 1 aliphatic rings. The first-order valence-corrected chi connectivity index (χ1v) is 12.9. The van der Waals surface area contributed by atoms with Crippen LogP contribution in [0.3, 0.4) is 0 Å². The van der Waals surface area contributed by atoms with Gasteiger partial charge < -0.3 is 14.8 Å². The van der Waals surface area contributed by atoms with Gasteiger partial charge in [-0.15, -0.1) is 0 Å².